The van der Waals surface area contributed by atoms with Crippen molar-refractivity contribution in [2.24, 2.45) is 0 Å². The van der Waals surface area contributed by atoms with Gasteiger partial charge >= 0.3 is 6.03 Å². The van der Waals surface area contributed by atoms with E-state index in [4.69, 9.17) is 4.42 Å². The minimum atomic E-state index is 0.00980. The Bertz CT molecular complexity index is 1170. The van der Waals surface area contributed by atoms with Crippen molar-refractivity contribution in [1.29, 1.82) is 0 Å². The highest BCUT2D eigenvalue weighted by Gasteiger charge is 2.26. The predicted octanol–water partition coefficient (Wildman–Crippen LogP) is 5.39. The monoisotopic (exact) mass is 446 g/mol. The van der Waals surface area contributed by atoms with Crippen molar-refractivity contribution in [3.63, 3.8) is 0 Å². The summed E-state index contributed by atoms with van der Waals surface area (Å²) in [4.78, 5) is 23.6. The van der Waals surface area contributed by atoms with Crippen LogP contribution in [-0.4, -0.2) is 40.5 Å². The zero-order valence-electron chi connectivity index (χ0n) is 18.1. The molecule has 1 aliphatic rings. The van der Waals surface area contributed by atoms with E-state index in [0.29, 0.717) is 6.54 Å². The number of piperidine rings is 1. The van der Waals surface area contributed by atoms with Crippen molar-refractivity contribution >= 4 is 28.5 Å². The molecule has 0 atom stereocenters. The van der Waals surface area contributed by atoms with Crippen molar-refractivity contribution < 1.29 is 9.21 Å². The number of hydrogen-bond acceptors (Lipinski definition) is 5. The number of aromatic nitrogens is 2. The van der Waals surface area contributed by atoms with Gasteiger partial charge in [0.1, 0.15) is 5.52 Å². The number of hydrogen-bond donors (Lipinski definition) is 1. The lowest BCUT2D eigenvalue weighted by molar-refractivity contribution is 0.178. The third-order valence-corrected chi connectivity index (χ3v) is 6.77. The van der Waals surface area contributed by atoms with Crippen molar-refractivity contribution in [3.05, 3.63) is 70.4 Å². The minimum absolute atomic E-state index is 0.00980. The van der Waals surface area contributed by atoms with Crippen LogP contribution in [0.4, 0.5) is 4.79 Å². The van der Waals surface area contributed by atoms with Gasteiger partial charge in [0.15, 0.2) is 11.5 Å². The van der Waals surface area contributed by atoms with E-state index in [1.165, 1.54) is 5.56 Å². The first-order valence-corrected chi connectivity index (χ1v) is 11.9. The molecular weight excluding hydrogens is 420 g/mol. The van der Waals surface area contributed by atoms with E-state index in [1.807, 2.05) is 36.1 Å². The molecule has 1 aliphatic heterocycles. The second-order valence-electron chi connectivity index (χ2n) is 8.21. The van der Waals surface area contributed by atoms with Gasteiger partial charge < -0.3 is 14.6 Å². The van der Waals surface area contributed by atoms with Gasteiger partial charge in [-0.2, -0.15) is 0 Å². The third-order valence-electron chi connectivity index (χ3n) is 6.00. The summed E-state index contributed by atoms with van der Waals surface area (Å²) >= 11 is 1.66. The first-order valence-electron chi connectivity index (χ1n) is 11.1. The number of urea groups is 1. The first kappa shape index (κ1) is 20.7. The number of likely N-dealkylation sites (tertiary alicyclic amines) is 1. The Morgan fingerprint density at radius 2 is 1.91 bits per heavy atom. The lowest BCUT2D eigenvalue weighted by Crippen LogP contribution is -2.44. The van der Waals surface area contributed by atoms with Crippen LogP contribution in [0.25, 0.3) is 22.4 Å². The van der Waals surface area contributed by atoms with Crippen LogP contribution in [0.1, 0.15) is 35.2 Å². The fourth-order valence-electron chi connectivity index (χ4n) is 4.16. The Balaban J connectivity index is 1.08. The normalized spacial score (nSPS) is 14.7. The van der Waals surface area contributed by atoms with E-state index in [2.05, 4.69) is 44.9 Å². The van der Waals surface area contributed by atoms with Crippen molar-refractivity contribution in [3.8, 4) is 11.3 Å². The molecule has 0 unspecified atom stereocenters. The summed E-state index contributed by atoms with van der Waals surface area (Å²) in [5, 5.41) is 6.22. The molecule has 5 rings (SSSR count). The Hall–Kier alpha value is -3.19. The maximum absolute atomic E-state index is 12.6. The van der Waals surface area contributed by atoms with Gasteiger partial charge in [-0.25, -0.2) is 14.8 Å². The van der Waals surface area contributed by atoms with Crippen LogP contribution in [0.5, 0.6) is 0 Å². The van der Waals surface area contributed by atoms with Gasteiger partial charge in [-0.05, 0) is 43.9 Å². The van der Waals surface area contributed by atoms with Gasteiger partial charge in [-0.3, -0.25) is 0 Å². The second-order valence-corrected chi connectivity index (χ2v) is 9.27. The molecule has 2 amide bonds. The summed E-state index contributed by atoms with van der Waals surface area (Å²) in [6.45, 7) is 4.08. The molecule has 0 bridgehead atoms. The SMILES string of the molecule is Cc1nc(-c2ccc(CCNC(=O)N3CCC(c4nc5ccccc5o4)CC3)cc2)cs1. The Morgan fingerprint density at radius 3 is 2.62 bits per heavy atom. The highest BCUT2D eigenvalue weighted by Crippen LogP contribution is 2.30. The lowest BCUT2D eigenvalue weighted by atomic mass is 9.97. The maximum Gasteiger partial charge on any atom is 0.317 e. The van der Waals surface area contributed by atoms with Crippen molar-refractivity contribution in [2.45, 2.75) is 32.1 Å². The summed E-state index contributed by atoms with van der Waals surface area (Å²) < 4.78 is 5.92. The molecule has 2 aromatic heterocycles. The van der Waals surface area contributed by atoms with Crippen LogP contribution < -0.4 is 5.32 Å². The number of aryl methyl sites for hydroxylation is 1. The molecule has 7 heteroatoms. The second kappa shape index (κ2) is 9.12. The zero-order valence-corrected chi connectivity index (χ0v) is 18.9. The van der Waals surface area contributed by atoms with Gasteiger partial charge in [-0.15, -0.1) is 11.3 Å². The number of carbonyl (C=O) groups is 1. The summed E-state index contributed by atoms with van der Waals surface area (Å²) in [5.41, 5.74) is 5.09. The fourth-order valence-corrected chi connectivity index (χ4v) is 4.78. The van der Waals surface area contributed by atoms with E-state index < -0.39 is 0 Å². The quantitative estimate of drug-likeness (QED) is 0.446. The molecule has 6 nitrogen and oxygen atoms in total. The summed E-state index contributed by atoms with van der Waals surface area (Å²) in [7, 11) is 0. The molecule has 1 N–H and O–H groups in total. The van der Waals surface area contributed by atoms with Crippen LogP contribution in [0, 0.1) is 6.92 Å². The molecule has 164 valence electrons. The third kappa shape index (κ3) is 4.53. The molecule has 32 heavy (non-hydrogen) atoms. The minimum Gasteiger partial charge on any atom is -0.440 e. The van der Waals surface area contributed by atoms with Gasteiger partial charge in [0, 0.05) is 36.5 Å². The number of para-hydroxylation sites is 2. The number of carbonyl (C=O) groups excluding carboxylic acids is 1. The van der Waals surface area contributed by atoms with Gasteiger partial charge in [0.25, 0.3) is 0 Å². The number of thiazole rings is 1. The van der Waals surface area contributed by atoms with E-state index in [1.54, 1.807) is 11.3 Å². The average Bonchev–Trinajstić information content (AvgIpc) is 3.46. The number of oxazole rings is 1. The molecule has 0 aliphatic carbocycles. The van der Waals surface area contributed by atoms with E-state index >= 15 is 0 Å². The molecule has 0 spiro atoms. The number of benzene rings is 2. The molecule has 4 aromatic rings. The van der Waals surface area contributed by atoms with Crippen molar-refractivity contribution in [2.75, 3.05) is 19.6 Å². The highest BCUT2D eigenvalue weighted by molar-refractivity contribution is 7.09. The molecule has 3 heterocycles. The Morgan fingerprint density at radius 1 is 1.12 bits per heavy atom. The van der Waals surface area contributed by atoms with E-state index in [0.717, 1.165) is 65.6 Å². The standard InChI is InChI=1S/C25H26N4O2S/c1-17-27-22(16-32-17)19-8-6-18(7-9-19)10-13-26-25(30)29-14-11-20(12-15-29)24-28-21-4-2-3-5-23(21)31-24/h2-9,16,20H,10-15H2,1H3,(H,26,30). The topological polar surface area (TPSA) is 71.3 Å². The fraction of sp³-hybridized carbons (Fsp3) is 0.320. The van der Waals surface area contributed by atoms with Gasteiger partial charge in [0.05, 0.1) is 10.7 Å². The van der Waals surface area contributed by atoms with Gasteiger partial charge in [0.2, 0.25) is 0 Å². The largest absolute Gasteiger partial charge is 0.440 e. The zero-order chi connectivity index (χ0) is 21.9. The average molecular weight is 447 g/mol. The van der Waals surface area contributed by atoms with Crippen LogP contribution in [-0.2, 0) is 6.42 Å². The number of amides is 2. The smallest absolute Gasteiger partial charge is 0.317 e. The van der Waals surface area contributed by atoms with E-state index in [9.17, 15) is 4.79 Å². The number of rotatable bonds is 5. The van der Waals surface area contributed by atoms with Gasteiger partial charge in [-0.1, -0.05) is 36.4 Å². The van der Waals surface area contributed by atoms with Crippen LogP contribution >= 0.6 is 11.3 Å². The molecule has 1 saturated heterocycles. The summed E-state index contributed by atoms with van der Waals surface area (Å²) in [5.74, 6) is 1.06. The highest BCUT2D eigenvalue weighted by atomic mass is 32.1. The molecule has 2 aromatic carbocycles. The molecule has 0 radical (unpaired) electrons. The Kier molecular flexibility index (Phi) is 5.90. The van der Waals surface area contributed by atoms with Crippen LogP contribution in [0.15, 0.2) is 58.3 Å². The number of fused-ring (bicyclic) bond motifs is 1. The van der Waals surface area contributed by atoms with E-state index in [-0.39, 0.29) is 11.9 Å². The van der Waals surface area contributed by atoms with Crippen LogP contribution in [0.2, 0.25) is 0 Å². The first-order chi connectivity index (χ1) is 15.7. The molecule has 0 saturated carbocycles. The van der Waals surface area contributed by atoms with Crippen molar-refractivity contribution in [1.82, 2.24) is 20.2 Å². The Labute approximate surface area is 191 Å². The summed E-state index contributed by atoms with van der Waals surface area (Å²) in [6, 6.07) is 16.3. The maximum atomic E-state index is 12.6. The number of nitrogens with zero attached hydrogens (tertiary/aromatic N) is 3. The lowest BCUT2D eigenvalue weighted by Gasteiger charge is -2.30. The predicted molar refractivity (Wildman–Crippen MR) is 127 cm³/mol. The number of nitrogens with one attached hydrogen (secondary N) is 1. The van der Waals surface area contributed by atoms with Crippen LogP contribution in [0.3, 0.4) is 0 Å². The molecule has 1 fully saturated rings. The molecular formula is C25H26N4O2S. The summed E-state index contributed by atoms with van der Waals surface area (Å²) in [6.07, 6.45) is 2.55.